The van der Waals surface area contributed by atoms with E-state index in [2.05, 4.69) is 15.9 Å². The first kappa shape index (κ1) is 21.2. The molecule has 1 aliphatic rings. The van der Waals surface area contributed by atoms with Crippen LogP contribution in [0, 0.1) is 5.82 Å². The van der Waals surface area contributed by atoms with Crippen molar-refractivity contribution in [3.05, 3.63) is 62.8 Å². The number of carboxylic acid groups (broad SMARTS) is 1. The van der Waals surface area contributed by atoms with Crippen molar-refractivity contribution < 1.29 is 27.8 Å². The van der Waals surface area contributed by atoms with E-state index in [1.165, 1.54) is 0 Å². The first-order chi connectivity index (χ1) is 13.0. The number of benzene rings is 2. The highest BCUT2D eigenvalue weighted by molar-refractivity contribution is 9.10. The number of piperidine rings is 1. The predicted octanol–water partition coefficient (Wildman–Crippen LogP) is 3.61. The second-order valence-corrected chi connectivity index (χ2v) is 9.74. The smallest absolute Gasteiger partial charge is 0.337 e. The minimum Gasteiger partial charge on any atom is -0.478 e. The number of aliphatic hydroxyl groups is 1. The molecule has 0 amide bonds. The molecule has 2 N–H and O–H groups in total. The summed E-state index contributed by atoms with van der Waals surface area (Å²) >= 11 is 9.00. The maximum atomic E-state index is 14.3. The quantitative estimate of drug-likeness (QED) is 0.680. The largest absolute Gasteiger partial charge is 0.478 e. The molecule has 1 fully saturated rings. The van der Waals surface area contributed by atoms with Crippen LogP contribution in [0.5, 0.6) is 0 Å². The molecule has 0 atom stereocenters. The van der Waals surface area contributed by atoms with Crippen LogP contribution in [0.15, 0.2) is 45.8 Å². The molecule has 1 aliphatic heterocycles. The molecular formula is C18H16BrClFNO5S. The van der Waals surface area contributed by atoms with Crippen LogP contribution in [0.25, 0.3) is 0 Å². The van der Waals surface area contributed by atoms with Crippen molar-refractivity contribution in [3.8, 4) is 0 Å². The Morgan fingerprint density at radius 3 is 2.29 bits per heavy atom. The highest BCUT2D eigenvalue weighted by Gasteiger charge is 2.39. The normalized spacial score (nSPS) is 17.4. The van der Waals surface area contributed by atoms with Crippen molar-refractivity contribution in [1.29, 1.82) is 0 Å². The van der Waals surface area contributed by atoms with Crippen molar-refractivity contribution in [2.75, 3.05) is 13.1 Å². The molecule has 2 aromatic rings. The molecule has 2 aromatic carbocycles. The summed E-state index contributed by atoms with van der Waals surface area (Å²) in [5, 5.41) is 19.6. The number of hydrogen-bond donors (Lipinski definition) is 2. The van der Waals surface area contributed by atoms with Gasteiger partial charge in [0.1, 0.15) is 10.7 Å². The van der Waals surface area contributed by atoms with Gasteiger partial charge in [0, 0.05) is 17.6 Å². The second kappa shape index (κ2) is 7.72. The summed E-state index contributed by atoms with van der Waals surface area (Å²) in [6, 6.07) is 8.49. The number of sulfonamides is 1. The Bertz CT molecular complexity index is 1020. The van der Waals surface area contributed by atoms with Crippen LogP contribution in [0.4, 0.5) is 4.39 Å². The van der Waals surface area contributed by atoms with Crippen LogP contribution in [0.3, 0.4) is 0 Å². The number of nitrogens with zero attached hydrogens (tertiary/aromatic N) is 1. The minimum absolute atomic E-state index is 0.0423. The van der Waals surface area contributed by atoms with Gasteiger partial charge in [0.05, 0.1) is 16.2 Å². The van der Waals surface area contributed by atoms with E-state index in [4.69, 9.17) is 16.7 Å². The molecule has 0 aromatic heterocycles. The molecule has 28 heavy (non-hydrogen) atoms. The van der Waals surface area contributed by atoms with Gasteiger partial charge in [-0.1, -0.05) is 39.7 Å². The van der Waals surface area contributed by atoms with E-state index in [0.717, 1.165) is 14.8 Å². The van der Waals surface area contributed by atoms with Crippen LogP contribution in [-0.4, -0.2) is 42.0 Å². The summed E-state index contributed by atoms with van der Waals surface area (Å²) in [6.45, 7) is -0.0846. The Morgan fingerprint density at radius 1 is 1.18 bits per heavy atom. The predicted molar refractivity (Wildman–Crippen MR) is 104 cm³/mol. The van der Waals surface area contributed by atoms with Gasteiger partial charge < -0.3 is 10.2 Å². The lowest BCUT2D eigenvalue weighted by molar-refractivity contribution is -0.00964. The van der Waals surface area contributed by atoms with Crippen molar-refractivity contribution in [2.24, 2.45) is 0 Å². The van der Waals surface area contributed by atoms with Crippen molar-refractivity contribution in [2.45, 2.75) is 23.3 Å². The van der Waals surface area contributed by atoms with Crippen molar-refractivity contribution in [1.82, 2.24) is 4.31 Å². The van der Waals surface area contributed by atoms with Crippen molar-refractivity contribution in [3.63, 3.8) is 0 Å². The van der Waals surface area contributed by atoms with Crippen LogP contribution >= 0.6 is 27.5 Å². The number of carboxylic acids is 1. The van der Waals surface area contributed by atoms with Crippen LogP contribution < -0.4 is 0 Å². The summed E-state index contributed by atoms with van der Waals surface area (Å²) in [5.74, 6) is -2.58. The van der Waals surface area contributed by atoms with E-state index < -0.39 is 37.9 Å². The van der Waals surface area contributed by atoms with Gasteiger partial charge >= 0.3 is 5.97 Å². The fourth-order valence-electron chi connectivity index (χ4n) is 3.18. The van der Waals surface area contributed by atoms with Gasteiger partial charge in [-0.15, -0.1) is 0 Å². The number of aromatic carboxylic acids is 1. The number of rotatable bonds is 4. The van der Waals surface area contributed by atoms with Gasteiger partial charge in [0.25, 0.3) is 0 Å². The van der Waals surface area contributed by atoms with E-state index in [1.807, 2.05) is 0 Å². The lowest BCUT2D eigenvalue weighted by Crippen LogP contribution is -2.45. The zero-order valence-electron chi connectivity index (χ0n) is 14.4. The second-order valence-electron chi connectivity index (χ2n) is 6.51. The van der Waals surface area contributed by atoms with Crippen LogP contribution in [0.2, 0.25) is 5.02 Å². The summed E-state index contributed by atoms with van der Waals surface area (Å²) in [5.41, 5.74) is -1.03. The summed E-state index contributed by atoms with van der Waals surface area (Å²) in [7, 11) is -4.29. The number of halogens is 3. The SMILES string of the molecule is O=C(O)c1cc(S(=O)(=O)N2CCC(O)(c3ccc(Br)cc3)CC2)c(F)cc1Cl. The van der Waals surface area contributed by atoms with Gasteiger partial charge in [0.2, 0.25) is 10.0 Å². The molecule has 0 spiro atoms. The fraction of sp³-hybridized carbons (Fsp3) is 0.278. The third kappa shape index (κ3) is 3.95. The monoisotopic (exact) mass is 491 g/mol. The maximum absolute atomic E-state index is 14.3. The third-order valence-corrected chi connectivity index (χ3v) is 7.56. The standard InChI is InChI=1S/C18H16BrClFNO5S/c19-12-3-1-11(2-4-12)18(25)5-7-22(8-6-18)28(26,27)16-9-13(17(23)24)14(20)10-15(16)21/h1-4,9-10,25H,5-8H2,(H,23,24). The molecule has 3 rings (SSSR count). The van der Waals surface area contributed by atoms with Crippen molar-refractivity contribution >= 4 is 43.5 Å². The zero-order chi connectivity index (χ0) is 20.7. The van der Waals surface area contributed by atoms with E-state index in [1.54, 1.807) is 24.3 Å². The molecule has 0 unspecified atom stereocenters. The molecule has 0 aliphatic carbocycles. The Hall–Kier alpha value is -1.52. The Labute approximate surface area is 174 Å². The van der Waals surface area contributed by atoms with E-state index in [9.17, 15) is 22.7 Å². The molecule has 0 bridgehead atoms. The molecule has 150 valence electrons. The summed E-state index contributed by atoms with van der Waals surface area (Å²) in [4.78, 5) is 10.5. The number of carbonyl (C=O) groups is 1. The fourth-order valence-corrected chi connectivity index (χ4v) is 5.18. The first-order valence-electron chi connectivity index (χ1n) is 8.25. The van der Waals surface area contributed by atoms with Gasteiger partial charge in [-0.3, -0.25) is 0 Å². The molecule has 0 radical (unpaired) electrons. The topological polar surface area (TPSA) is 94.9 Å². The maximum Gasteiger partial charge on any atom is 0.337 e. The highest BCUT2D eigenvalue weighted by atomic mass is 79.9. The summed E-state index contributed by atoms with van der Waals surface area (Å²) < 4.78 is 41.9. The first-order valence-corrected chi connectivity index (χ1v) is 10.9. The lowest BCUT2D eigenvalue weighted by atomic mass is 9.85. The molecule has 1 heterocycles. The van der Waals surface area contributed by atoms with Gasteiger partial charge in [0.15, 0.2) is 0 Å². The Morgan fingerprint density at radius 2 is 1.75 bits per heavy atom. The van der Waals surface area contributed by atoms with E-state index in [-0.39, 0.29) is 31.0 Å². The number of hydrogen-bond acceptors (Lipinski definition) is 4. The Balaban J connectivity index is 1.87. The van der Waals surface area contributed by atoms with Crippen LogP contribution in [0.1, 0.15) is 28.8 Å². The zero-order valence-corrected chi connectivity index (χ0v) is 17.6. The highest BCUT2D eigenvalue weighted by Crippen LogP contribution is 2.36. The van der Waals surface area contributed by atoms with Gasteiger partial charge in [-0.2, -0.15) is 4.31 Å². The van der Waals surface area contributed by atoms with E-state index in [0.29, 0.717) is 11.6 Å². The minimum atomic E-state index is -4.29. The molecular weight excluding hydrogens is 477 g/mol. The van der Waals surface area contributed by atoms with Crippen LogP contribution in [-0.2, 0) is 15.6 Å². The Kier molecular flexibility index (Phi) is 5.84. The molecule has 6 nitrogen and oxygen atoms in total. The molecule has 10 heteroatoms. The lowest BCUT2D eigenvalue weighted by Gasteiger charge is -2.38. The van der Waals surface area contributed by atoms with E-state index >= 15 is 0 Å². The third-order valence-electron chi connectivity index (χ3n) is 4.80. The van der Waals surface area contributed by atoms with Gasteiger partial charge in [-0.05, 0) is 42.7 Å². The summed E-state index contributed by atoms with van der Waals surface area (Å²) in [6.07, 6.45) is 0.240. The average Bonchev–Trinajstić information content (AvgIpc) is 2.62. The molecule has 0 saturated carbocycles. The van der Waals surface area contributed by atoms with Gasteiger partial charge in [-0.25, -0.2) is 17.6 Å². The average molecular weight is 493 g/mol. The molecule has 1 saturated heterocycles.